The molecule has 0 saturated heterocycles. The van der Waals surface area contributed by atoms with Crippen LogP contribution in [0.1, 0.15) is 5.56 Å². The van der Waals surface area contributed by atoms with Gasteiger partial charge in [0.05, 0.1) is 17.1 Å². The highest BCUT2D eigenvalue weighted by atomic mass is 19.1. The van der Waals surface area contributed by atoms with Crippen LogP contribution >= 0.6 is 0 Å². The van der Waals surface area contributed by atoms with Gasteiger partial charge in [0.15, 0.2) is 0 Å². The maximum atomic E-state index is 13.2. The number of pyridine rings is 1. The molecule has 0 spiro atoms. The summed E-state index contributed by atoms with van der Waals surface area (Å²) in [7, 11) is 0. The molecule has 0 unspecified atom stereocenters. The third-order valence-electron chi connectivity index (χ3n) is 2.93. The number of nitrogens with one attached hydrogen (secondary N) is 1. The summed E-state index contributed by atoms with van der Waals surface area (Å²) in [4.78, 5) is 4.42. The van der Waals surface area contributed by atoms with Crippen molar-refractivity contribution in [3.05, 3.63) is 66.0 Å². The Balaban J connectivity index is 2.06. The summed E-state index contributed by atoms with van der Waals surface area (Å²) in [6, 6.07) is 17.3. The largest absolute Gasteiger partial charge is 0.340 e. The van der Waals surface area contributed by atoms with E-state index >= 15 is 0 Å². The van der Waals surface area contributed by atoms with Crippen LogP contribution in [0.15, 0.2) is 54.6 Å². The zero-order chi connectivity index (χ0) is 13.9. The number of halogens is 1. The number of rotatable bonds is 2. The second kappa shape index (κ2) is 4.98. The first-order chi connectivity index (χ1) is 9.76. The third-order valence-corrected chi connectivity index (χ3v) is 2.93. The first-order valence-corrected chi connectivity index (χ1v) is 6.09. The Morgan fingerprint density at radius 2 is 1.90 bits per heavy atom. The number of nitriles is 1. The summed E-state index contributed by atoms with van der Waals surface area (Å²) < 4.78 is 13.2. The lowest BCUT2D eigenvalue weighted by Gasteiger charge is -2.08. The van der Waals surface area contributed by atoms with Gasteiger partial charge in [-0.05, 0) is 30.3 Å². The average Bonchev–Trinajstić information content (AvgIpc) is 2.46. The van der Waals surface area contributed by atoms with Gasteiger partial charge in [0.2, 0.25) is 0 Å². The van der Waals surface area contributed by atoms with Crippen molar-refractivity contribution in [2.24, 2.45) is 0 Å². The number of hydrogen-bond donors (Lipinski definition) is 1. The van der Waals surface area contributed by atoms with E-state index in [0.717, 1.165) is 10.9 Å². The third kappa shape index (κ3) is 2.29. The molecule has 3 rings (SSSR count). The van der Waals surface area contributed by atoms with Crippen molar-refractivity contribution >= 4 is 22.4 Å². The number of hydrogen-bond acceptors (Lipinski definition) is 3. The standard InChI is InChI=1S/C16H10FN3/c17-12-4-3-5-13(9-12)19-16-8-11(10-18)14-6-1-2-7-15(14)20-16/h1-9H,(H,19,20). The Morgan fingerprint density at radius 3 is 2.70 bits per heavy atom. The van der Waals surface area contributed by atoms with Gasteiger partial charge in [-0.3, -0.25) is 0 Å². The van der Waals surface area contributed by atoms with Gasteiger partial charge in [-0.2, -0.15) is 5.26 Å². The van der Waals surface area contributed by atoms with E-state index in [-0.39, 0.29) is 5.82 Å². The summed E-state index contributed by atoms with van der Waals surface area (Å²) in [5, 5.41) is 13.0. The Morgan fingerprint density at radius 1 is 1.05 bits per heavy atom. The van der Waals surface area contributed by atoms with E-state index in [9.17, 15) is 9.65 Å². The van der Waals surface area contributed by atoms with Gasteiger partial charge in [0.1, 0.15) is 11.6 Å². The fourth-order valence-electron chi connectivity index (χ4n) is 2.05. The molecule has 0 saturated carbocycles. The molecule has 1 aromatic heterocycles. The monoisotopic (exact) mass is 263 g/mol. The van der Waals surface area contributed by atoms with Crippen LogP contribution in [0.25, 0.3) is 10.9 Å². The van der Waals surface area contributed by atoms with Crippen molar-refractivity contribution in [1.82, 2.24) is 4.98 Å². The van der Waals surface area contributed by atoms with E-state index in [4.69, 9.17) is 0 Å². The molecule has 0 fully saturated rings. The Labute approximate surface area is 115 Å². The predicted molar refractivity (Wildman–Crippen MR) is 76.1 cm³/mol. The lowest BCUT2D eigenvalue weighted by atomic mass is 10.1. The molecule has 0 bridgehead atoms. The highest BCUT2D eigenvalue weighted by Crippen LogP contribution is 2.22. The van der Waals surface area contributed by atoms with Gasteiger partial charge >= 0.3 is 0 Å². The molecular formula is C16H10FN3. The van der Waals surface area contributed by atoms with Crippen LogP contribution in [0.5, 0.6) is 0 Å². The van der Waals surface area contributed by atoms with Gasteiger partial charge in [-0.15, -0.1) is 0 Å². The molecular weight excluding hydrogens is 253 g/mol. The van der Waals surface area contributed by atoms with Crippen LogP contribution < -0.4 is 5.32 Å². The van der Waals surface area contributed by atoms with Crippen LogP contribution in [-0.4, -0.2) is 4.98 Å². The smallest absolute Gasteiger partial charge is 0.132 e. The zero-order valence-corrected chi connectivity index (χ0v) is 10.5. The highest BCUT2D eigenvalue weighted by Gasteiger charge is 2.05. The van der Waals surface area contributed by atoms with Crippen LogP contribution in [0.4, 0.5) is 15.9 Å². The second-order valence-electron chi connectivity index (χ2n) is 4.32. The van der Waals surface area contributed by atoms with Crippen molar-refractivity contribution in [3.63, 3.8) is 0 Å². The lowest BCUT2D eigenvalue weighted by molar-refractivity contribution is 0.628. The molecule has 0 radical (unpaired) electrons. The van der Waals surface area contributed by atoms with E-state index in [1.165, 1.54) is 12.1 Å². The molecule has 2 aromatic carbocycles. The van der Waals surface area contributed by atoms with Gasteiger partial charge in [0.25, 0.3) is 0 Å². The molecule has 0 aliphatic rings. The summed E-state index contributed by atoms with van der Waals surface area (Å²) in [6.45, 7) is 0. The molecule has 0 atom stereocenters. The average molecular weight is 263 g/mol. The SMILES string of the molecule is N#Cc1cc(Nc2cccc(F)c2)nc2ccccc12. The molecule has 4 heteroatoms. The maximum Gasteiger partial charge on any atom is 0.132 e. The number of aromatic nitrogens is 1. The van der Waals surface area contributed by atoms with Crippen molar-refractivity contribution < 1.29 is 4.39 Å². The van der Waals surface area contributed by atoms with Gasteiger partial charge in [-0.25, -0.2) is 9.37 Å². The minimum absolute atomic E-state index is 0.323. The highest BCUT2D eigenvalue weighted by molar-refractivity contribution is 5.86. The van der Waals surface area contributed by atoms with E-state index < -0.39 is 0 Å². The zero-order valence-electron chi connectivity index (χ0n) is 10.5. The Kier molecular flexibility index (Phi) is 3.02. The molecule has 0 aliphatic carbocycles. The fraction of sp³-hybridized carbons (Fsp3) is 0. The number of benzene rings is 2. The van der Waals surface area contributed by atoms with Gasteiger partial charge in [0, 0.05) is 11.1 Å². The Hall–Kier alpha value is -2.93. The van der Waals surface area contributed by atoms with E-state index in [2.05, 4.69) is 16.4 Å². The first kappa shape index (κ1) is 12.1. The number of nitrogens with zero attached hydrogens (tertiary/aromatic N) is 2. The first-order valence-electron chi connectivity index (χ1n) is 6.09. The van der Waals surface area contributed by atoms with E-state index in [0.29, 0.717) is 17.1 Å². The van der Waals surface area contributed by atoms with Crippen molar-refractivity contribution in [1.29, 1.82) is 5.26 Å². The predicted octanol–water partition coefficient (Wildman–Crippen LogP) is 3.99. The number of anilines is 2. The normalized spacial score (nSPS) is 10.2. The number of para-hydroxylation sites is 1. The van der Waals surface area contributed by atoms with Crippen LogP contribution in [0.2, 0.25) is 0 Å². The van der Waals surface area contributed by atoms with Crippen LogP contribution in [0, 0.1) is 17.1 Å². The van der Waals surface area contributed by atoms with Crippen LogP contribution in [-0.2, 0) is 0 Å². The van der Waals surface area contributed by atoms with Crippen molar-refractivity contribution in [2.45, 2.75) is 0 Å². The second-order valence-corrected chi connectivity index (χ2v) is 4.32. The number of fused-ring (bicyclic) bond motifs is 1. The molecule has 1 N–H and O–H groups in total. The van der Waals surface area contributed by atoms with Crippen molar-refractivity contribution in [2.75, 3.05) is 5.32 Å². The molecule has 20 heavy (non-hydrogen) atoms. The van der Waals surface area contributed by atoms with Gasteiger partial charge < -0.3 is 5.32 Å². The van der Waals surface area contributed by atoms with E-state index in [1.807, 2.05) is 24.3 Å². The topological polar surface area (TPSA) is 48.7 Å². The lowest BCUT2D eigenvalue weighted by Crippen LogP contribution is -1.96. The maximum absolute atomic E-state index is 13.2. The van der Waals surface area contributed by atoms with Crippen molar-refractivity contribution in [3.8, 4) is 6.07 Å². The molecule has 3 nitrogen and oxygen atoms in total. The molecule has 1 heterocycles. The minimum Gasteiger partial charge on any atom is -0.340 e. The molecule has 0 amide bonds. The molecule has 3 aromatic rings. The molecule has 0 aliphatic heterocycles. The summed E-state index contributed by atoms with van der Waals surface area (Å²) >= 11 is 0. The Bertz CT molecular complexity index is 821. The fourth-order valence-corrected chi connectivity index (χ4v) is 2.05. The minimum atomic E-state index is -0.323. The molecule has 96 valence electrons. The summed E-state index contributed by atoms with van der Waals surface area (Å²) in [5.41, 5.74) is 1.86. The van der Waals surface area contributed by atoms with Gasteiger partial charge in [-0.1, -0.05) is 24.3 Å². The quantitative estimate of drug-likeness (QED) is 0.760. The summed E-state index contributed by atoms with van der Waals surface area (Å²) in [5.74, 6) is 0.196. The van der Waals surface area contributed by atoms with E-state index in [1.54, 1.807) is 18.2 Å². The summed E-state index contributed by atoms with van der Waals surface area (Å²) in [6.07, 6.45) is 0. The van der Waals surface area contributed by atoms with Crippen LogP contribution in [0.3, 0.4) is 0 Å².